The maximum absolute atomic E-state index is 10.1. The summed E-state index contributed by atoms with van der Waals surface area (Å²) >= 11 is 0. The minimum atomic E-state index is -0.304. The van der Waals surface area contributed by atoms with Gasteiger partial charge in [0.15, 0.2) is 0 Å². The van der Waals surface area contributed by atoms with Crippen LogP contribution in [0, 0.1) is 0 Å². The first-order valence-electron chi connectivity index (χ1n) is 8.38. The Balaban J connectivity index is 1.54. The van der Waals surface area contributed by atoms with Crippen LogP contribution in [0.25, 0.3) is 0 Å². The monoisotopic (exact) mass is 289 g/mol. The average Bonchev–Trinajstić information content (AvgIpc) is 2.50. The van der Waals surface area contributed by atoms with Gasteiger partial charge in [0.05, 0.1) is 12.7 Å². The highest BCUT2D eigenvalue weighted by Crippen LogP contribution is 2.32. The van der Waals surface area contributed by atoms with Crippen molar-refractivity contribution in [3.63, 3.8) is 0 Å². The Kier molecular flexibility index (Phi) is 4.81. The predicted molar refractivity (Wildman–Crippen MR) is 84.7 cm³/mol. The second-order valence-corrected chi connectivity index (χ2v) is 6.54. The molecule has 2 aliphatic rings. The first-order valence-corrected chi connectivity index (χ1v) is 8.38. The third-order valence-electron chi connectivity index (χ3n) is 5.04. The van der Waals surface area contributed by atoms with Crippen molar-refractivity contribution in [1.82, 2.24) is 4.90 Å². The Morgan fingerprint density at radius 2 is 2.14 bits per heavy atom. The predicted octanol–water partition coefficient (Wildman–Crippen LogP) is 3.31. The fourth-order valence-corrected chi connectivity index (χ4v) is 3.66. The molecule has 0 saturated carbocycles. The number of nitrogens with zero attached hydrogens (tertiary/aromatic N) is 1. The fourth-order valence-electron chi connectivity index (χ4n) is 3.66. The second kappa shape index (κ2) is 6.80. The molecular weight excluding hydrogens is 262 g/mol. The molecule has 0 bridgehead atoms. The number of hydrogen-bond acceptors (Lipinski definition) is 3. The quantitative estimate of drug-likeness (QED) is 0.923. The van der Waals surface area contributed by atoms with Gasteiger partial charge in [0.2, 0.25) is 0 Å². The number of aliphatic hydroxyl groups is 1. The van der Waals surface area contributed by atoms with Crippen LogP contribution < -0.4 is 4.74 Å². The van der Waals surface area contributed by atoms with E-state index in [1.165, 1.54) is 31.4 Å². The van der Waals surface area contributed by atoms with Gasteiger partial charge in [-0.1, -0.05) is 12.5 Å². The van der Waals surface area contributed by atoms with Crippen molar-refractivity contribution in [1.29, 1.82) is 0 Å². The third kappa shape index (κ3) is 3.58. The van der Waals surface area contributed by atoms with Crippen molar-refractivity contribution in [2.24, 2.45) is 0 Å². The van der Waals surface area contributed by atoms with E-state index in [4.69, 9.17) is 4.74 Å². The molecule has 3 nitrogen and oxygen atoms in total. The molecule has 1 unspecified atom stereocenters. The zero-order valence-corrected chi connectivity index (χ0v) is 13.1. The lowest BCUT2D eigenvalue weighted by molar-refractivity contribution is 0.150. The molecule has 1 aliphatic heterocycles. The maximum atomic E-state index is 10.1. The number of rotatable bonds is 4. The number of fused-ring (bicyclic) bond motifs is 1. The van der Waals surface area contributed by atoms with Gasteiger partial charge in [0.25, 0.3) is 0 Å². The smallest absolute Gasteiger partial charge is 0.119 e. The Morgan fingerprint density at radius 1 is 1.24 bits per heavy atom. The average molecular weight is 289 g/mol. The van der Waals surface area contributed by atoms with Gasteiger partial charge in [-0.05, 0) is 75.4 Å². The zero-order chi connectivity index (χ0) is 14.7. The summed E-state index contributed by atoms with van der Waals surface area (Å²) in [5.41, 5.74) is 2.36. The molecular formula is C18H27NO2. The molecule has 1 N–H and O–H groups in total. The Labute approximate surface area is 127 Å². The number of aryl methyl sites for hydroxylation is 1. The number of piperidine rings is 1. The van der Waals surface area contributed by atoms with Crippen LogP contribution in [0.1, 0.15) is 55.8 Å². The van der Waals surface area contributed by atoms with Gasteiger partial charge in [-0.25, -0.2) is 0 Å². The molecule has 0 aromatic heterocycles. The summed E-state index contributed by atoms with van der Waals surface area (Å²) in [5, 5.41) is 10.1. The molecule has 116 valence electrons. The first-order chi connectivity index (χ1) is 10.2. The number of aliphatic hydroxyl groups excluding tert-OH is 1. The van der Waals surface area contributed by atoms with E-state index in [0.717, 1.165) is 43.6 Å². The van der Waals surface area contributed by atoms with Gasteiger partial charge in [0.1, 0.15) is 5.75 Å². The van der Waals surface area contributed by atoms with E-state index in [9.17, 15) is 5.11 Å². The van der Waals surface area contributed by atoms with Gasteiger partial charge in [-0.15, -0.1) is 0 Å². The molecule has 1 aliphatic carbocycles. The van der Waals surface area contributed by atoms with Crippen LogP contribution in [0.2, 0.25) is 0 Å². The lowest BCUT2D eigenvalue weighted by atomic mass is 9.89. The summed E-state index contributed by atoms with van der Waals surface area (Å²) < 4.78 is 5.93. The van der Waals surface area contributed by atoms with Crippen LogP contribution in [0.5, 0.6) is 5.75 Å². The maximum Gasteiger partial charge on any atom is 0.119 e. The van der Waals surface area contributed by atoms with Crippen molar-refractivity contribution in [3.8, 4) is 5.75 Å². The molecule has 0 spiro atoms. The highest BCUT2D eigenvalue weighted by molar-refractivity contribution is 5.38. The van der Waals surface area contributed by atoms with Gasteiger partial charge in [0, 0.05) is 6.04 Å². The molecule has 1 fully saturated rings. The molecule has 0 radical (unpaired) electrons. The van der Waals surface area contributed by atoms with Crippen LogP contribution in [0.15, 0.2) is 18.2 Å². The van der Waals surface area contributed by atoms with E-state index in [2.05, 4.69) is 24.1 Å². The molecule has 1 heterocycles. The van der Waals surface area contributed by atoms with Gasteiger partial charge < -0.3 is 14.7 Å². The first kappa shape index (κ1) is 14.9. The van der Waals surface area contributed by atoms with E-state index in [1.54, 1.807) is 0 Å². The minimum absolute atomic E-state index is 0.304. The second-order valence-electron chi connectivity index (χ2n) is 6.54. The van der Waals surface area contributed by atoms with E-state index < -0.39 is 0 Å². The van der Waals surface area contributed by atoms with Crippen molar-refractivity contribution in [3.05, 3.63) is 29.3 Å². The van der Waals surface area contributed by atoms with Crippen molar-refractivity contribution >= 4 is 0 Å². The fraction of sp³-hybridized carbons (Fsp3) is 0.667. The minimum Gasteiger partial charge on any atom is -0.494 e. The molecule has 1 saturated heterocycles. The SMILES string of the molecule is CN1CCCCC1CCOc1ccc2c(c1)[C@@H](O)CCC2. The lowest BCUT2D eigenvalue weighted by Gasteiger charge is -2.32. The molecule has 2 atom stereocenters. The summed E-state index contributed by atoms with van der Waals surface area (Å²) in [6.07, 6.45) is 7.81. The molecule has 3 rings (SSSR count). The van der Waals surface area contributed by atoms with E-state index in [-0.39, 0.29) is 6.10 Å². The van der Waals surface area contributed by atoms with Crippen LogP contribution in [0.3, 0.4) is 0 Å². The number of ether oxygens (including phenoxy) is 1. The van der Waals surface area contributed by atoms with Crippen molar-refractivity contribution in [2.45, 2.75) is 57.1 Å². The molecule has 21 heavy (non-hydrogen) atoms. The molecule has 0 amide bonds. The summed E-state index contributed by atoms with van der Waals surface area (Å²) in [6, 6.07) is 6.90. The molecule has 3 heteroatoms. The Bertz CT molecular complexity index is 474. The van der Waals surface area contributed by atoms with Gasteiger partial charge in [-0.3, -0.25) is 0 Å². The largest absolute Gasteiger partial charge is 0.494 e. The third-order valence-corrected chi connectivity index (χ3v) is 5.04. The number of hydrogen-bond donors (Lipinski definition) is 1. The van der Waals surface area contributed by atoms with Crippen LogP contribution >= 0.6 is 0 Å². The topological polar surface area (TPSA) is 32.7 Å². The van der Waals surface area contributed by atoms with Crippen LogP contribution in [-0.4, -0.2) is 36.2 Å². The number of likely N-dealkylation sites (tertiary alicyclic amines) is 1. The summed E-state index contributed by atoms with van der Waals surface area (Å²) in [5.74, 6) is 0.910. The normalized spacial score (nSPS) is 26.4. The summed E-state index contributed by atoms with van der Waals surface area (Å²) in [6.45, 7) is 1.99. The lowest BCUT2D eigenvalue weighted by Crippen LogP contribution is -2.37. The highest BCUT2D eigenvalue weighted by atomic mass is 16.5. The highest BCUT2D eigenvalue weighted by Gasteiger charge is 2.20. The Morgan fingerprint density at radius 3 is 3.00 bits per heavy atom. The summed E-state index contributed by atoms with van der Waals surface area (Å²) in [4.78, 5) is 2.46. The van der Waals surface area contributed by atoms with Crippen molar-refractivity contribution in [2.75, 3.05) is 20.2 Å². The van der Waals surface area contributed by atoms with E-state index in [1.807, 2.05) is 6.07 Å². The van der Waals surface area contributed by atoms with E-state index in [0.29, 0.717) is 6.04 Å². The van der Waals surface area contributed by atoms with Crippen LogP contribution in [-0.2, 0) is 6.42 Å². The van der Waals surface area contributed by atoms with Crippen molar-refractivity contribution < 1.29 is 9.84 Å². The van der Waals surface area contributed by atoms with Gasteiger partial charge in [-0.2, -0.15) is 0 Å². The molecule has 1 aromatic rings. The standard InChI is InChI=1S/C18H27NO2/c1-19-11-3-2-6-15(19)10-12-21-16-9-8-14-5-4-7-18(20)17(14)13-16/h8-9,13,15,18,20H,2-7,10-12H2,1H3/t15?,18-/m0/s1. The summed E-state index contributed by atoms with van der Waals surface area (Å²) in [7, 11) is 2.22. The van der Waals surface area contributed by atoms with E-state index >= 15 is 0 Å². The number of benzene rings is 1. The molecule has 1 aromatic carbocycles. The van der Waals surface area contributed by atoms with Gasteiger partial charge >= 0.3 is 0 Å². The zero-order valence-electron chi connectivity index (χ0n) is 13.1. The Hall–Kier alpha value is -1.06. The van der Waals surface area contributed by atoms with Crippen LogP contribution in [0.4, 0.5) is 0 Å².